The molecule has 0 aliphatic heterocycles. The van der Waals surface area contributed by atoms with Gasteiger partial charge in [0.1, 0.15) is 0 Å². The summed E-state index contributed by atoms with van der Waals surface area (Å²) in [5.41, 5.74) is 35.0. The standard InChI is InChI=1S/2C48H49N/c1-45(2,3)30-19-23-32(24-20-30)49(33-25-21-31(22-26-33)46(4,5)6)43-29-42-44(36-17-12-11-16-35(36)43)38-28-40-37(27-41(38)48(42,9)10)34-15-13-14-18-39(34)47(40,7)8;1-45(2,3)30-19-23-32(24-20-30)49(33-25-21-31(22-26-33)46(4,5)6)41-29-40-42(36-17-12-11-16-35(36)41)38-28-27-37-34-15-13-14-18-39(34)47(7,8)43(37)44(38)48(40,9)10/h2*11-29H,1-10H3. The summed E-state index contributed by atoms with van der Waals surface area (Å²) < 4.78 is 0. The van der Waals surface area contributed by atoms with E-state index < -0.39 is 0 Å². The van der Waals surface area contributed by atoms with Gasteiger partial charge in [-0.3, -0.25) is 0 Å². The van der Waals surface area contributed by atoms with E-state index in [2.05, 4.69) is 379 Å². The third kappa shape index (κ3) is 10.1. The average Bonchev–Trinajstić information content (AvgIpc) is 1.52. The van der Waals surface area contributed by atoms with E-state index in [9.17, 15) is 0 Å². The van der Waals surface area contributed by atoms with E-state index in [1.807, 2.05) is 0 Å². The van der Waals surface area contributed by atoms with E-state index in [0.29, 0.717) is 0 Å². The molecule has 0 amide bonds. The Labute approximate surface area is 585 Å². The molecule has 0 saturated heterocycles. The van der Waals surface area contributed by atoms with Crippen LogP contribution in [-0.2, 0) is 43.3 Å². The van der Waals surface area contributed by atoms with Crippen LogP contribution < -0.4 is 9.80 Å². The van der Waals surface area contributed by atoms with Crippen LogP contribution in [-0.4, -0.2) is 0 Å². The van der Waals surface area contributed by atoms with E-state index in [-0.39, 0.29) is 43.3 Å². The summed E-state index contributed by atoms with van der Waals surface area (Å²) in [6.07, 6.45) is 0. The molecule has 2 heteroatoms. The molecule has 12 aromatic rings. The summed E-state index contributed by atoms with van der Waals surface area (Å²) in [5, 5.41) is 5.18. The highest BCUT2D eigenvalue weighted by atomic mass is 15.2. The number of rotatable bonds is 6. The Bertz CT molecular complexity index is 5020. The number of fused-ring (bicyclic) bond motifs is 17. The van der Waals surface area contributed by atoms with Crippen LogP contribution in [0.1, 0.15) is 205 Å². The molecular weight excluding hydrogens is 1180 g/mol. The SMILES string of the molecule is CC(C)(C)c1ccc(N(c2ccc(C(C)(C)C)cc2)c2cc3c(c4ccccc24)-c2cc4c(cc2C3(C)C)-c2ccccc2C4(C)C)cc1.CC(C)(C)c1ccc(N(c2ccc(C(C)(C)C)cc2)c2cc3c(c4ccccc24)-c2ccc4c(c2C3(C)C)C(C)(C)c2ccccc2-4)cc1. The second-order valence-electron chi connectivity index (χ2n) is 35.0. The highest BCUT2D eigenvalue weighted by Crippen LogP contribution is 2.63. The first kappa shape index (κ1) is 64.7. The molecule has 4 aliphatic rings. The molecule has 0 unspecified atom stereocenters. The smallest absolute Gasteiger partial charge is 0.0543 e. The largest absolute Gasteiger partial charge is 0.310 e. The zero-order valence-electron chi connectivity index (χ0n) is 61.8. The van der Waals surface area contributed by atoms with Gasteiger partial charge in [-0.1, -0.05) is 296 Å². The molecule has 0 atom stereocenters. The summed E-state index contributed by atoms with van der Waals surface area (Å²) in [6, 6.07) is 88.1. The van der Waals surface area contributed by atoms with Crippen molar-refractivity contribution in [3.63, 3.8) is 0 Å². The lowest BCUT2D eigenvalue weighted by atomic mass is 9.72. The van der Waals surface area contributed by atoms with Crippen LogP contribution in [0.25, 0.3) is 66.1 Å². The Hall–Kier alpha value is -9.24. The van der Waals surface area contributed by atoms with Crippen molar-refractivity contribution in [1.82, 2.24) is 0 Å². The molecular formula is C96H98N2. The quantitative estimate of drug-likeness (QED) is 0.164. The van der Waals surface area contributed by atoms with E-state index in [1.165, 1.54) is 167 Å². The number of anilines is 6. The summed E-state index contributed by atoms with van der Waals surface area (Å²) in [4.78, 5) is 4.98. The van der Waals surface area contributed by atoms with Crippen molar-refractivity contribution in [1.29, 1.82) is 0 Å². The van der Waals surface area contributed by atoms with Gasteiger partial charge >= 0.3 is 0 Å². The molecule has 492 valence electrons. The van der Waals surface area contributed by atoms with Crippen LogP contribution >= 0.6 is 0 Å². The Balaban J connectivity index is 0.000000160. The second-order valence-corrected chi connectivity index (χ2v) is 35.0. The molecule has 16 rings (SSSR count). The van der Waals surface area contributed by atoms with Gasteiger partial charge in [-0.15, -0.1) is 0 Å². The molecule has 2 nitrogen and oxygen atoms in total. The van der Waals surface area contributed by atoms with Crippen LogP contribution in [0.5, 0.6) is 0 Å². The molecule has 0 saturated carbocycles. The van der Waals surface area contributed by atoms with Gasteiger partial charge in [-0.05, 0) is 216 Å². The molecule has 0 fully saturated rings. The highest BCUT2D eigenvalue weighted by Gasteiger charge is 2.48. The van der Waals surface area contributed by atoms with Crippen LogP contribution in [0.3, 0.4) is 0 Å². The maximum Gasteiger partial charge on any atom is 0.0543 e. The third-order valence-corrected chi connectivity index (χ3v) is 23.1. The van der Waals surface area contributed by atoms with Gasteiger partial charge in [0.2, 0.25) is 0 Å². The van der Waals surface area contributed by atoms with Crippen molar-refractivity contribution in [2.45, 2.75) is 182 Å². The molecule has 0 aromatic heterocycles. The van der Waals surface area contributed by atoms with Gasteiger partial charge in [0.05, 0.1) is 11.4 Å². The molecule has 0 spiro atoms. The van der Waals surface area contributed by atoms with Crippen molar-refractivity contribution in [2.75, 3.05) is 9.80 Å². The van der Waals surface area contributed by atoms with Gasteiger partial charge in [0.15, 0.2) is 0 Å². The minimum absolute atomic E-state index is 0.0428. The normalized spacial score (nSPS) is 15.5. The predicted octanol–water partition coefficient (Wildman–Crippen LogP) is 27.0. The average molecular weight is 1280 g/mol. The first-order chi connectivity index (χ1) is 46.2. The Morgan fingerprint density at radius 3 is 0.918 bits per heavy atom. The minimum atomic E-state index is -0.189. The fourth-order valence-electron chi connectivity index (χ4n) is 17.4. The molecule has 0 heterocycles. The third-order valence-electron chi connectivity index (χ3n) is 23.1. The number of hydrogen-bond acceptors (Lipinski definition) is 2. The summed E-state index contributed by atoms with van der Waals surface area (Å²) in [7, 11) is 0. The van der Waals surface area contributed by atoms with Gasteiger partial charge < -0.3 is 9.80 Å². The van der Waals surface area contributed by atoms with E-state index in [0.717, 1.165) is 0 Å². The van der Waals surface area contributed by atoms with Crippen LogP contribution in [0.4, 0.5) is 34.1 Å². The zero-order chi connectivity index (χ0) is 69.3. The van der Waals surface area contributed by atoms with Crippen molar-refractivity contribution in [3.8, 4) is 44.5 Å². The number of benzene rings is 12. The van der Waals surface area contributed by atoms with Gasteiger partial charge in [-0.2, -0.15) is 0 Å². The van der Waals surface area contributed by atoms with E-state index >= 15 is 0 Å². The van der Waals surface area contributed by atoms with Gasteiger partial charge in [-0.25, -0.2) is 0 Å². The lowest BCUT2D eigenvalue weighted by Gasteiger charge is -2.32. The monoisotopic (exact) mass is 1280 g/mol. The molecule has 98 heavy (non-hydrogen) atoms. The molecule has 0 N–H and O–H groups in total. The molecule has 0 bridgehead atoms. The van der Waals surface area contributed by atoms with Crippen molar-refractivity contribution >= 4 is 55.7 Å². The molecule has 0 radical (unpaired) electrons. The van der Waals surface area contributed by atoms with Crippen LogP contribution in [0.2, 0.25) is 0 Å². The topological polar surface area (TPSA) is 6.48 Å². The lowest BCUT2D eigenvalue weighted by molar-refractivity contribution is 0.590. The zero-order valence-corrected chi connectivity index (χ0v) is 61.8. The van der Waals surface area contributed by atoms with Crippen molar-refractivity contribution in [2.24, 2.45) is 0 Å². The maximum atomic E-state index is 2.54. The molecule has 4 aliphatic carbocycles. The Morgan fingerprint density at radius 1 is 0.224 bits per heavy atom. The summed E-state index contributed by atoms with van der Waals surface area (Å²) in [6.45, 7) is 46.8. The highest BCUT2D eigenvalue weighted by molar-refractivity contribution is 6.12. The van der Waals surface area contributed by atoms with Crippen molar-refractivity contribution in [3.05, 3.63) is 297 Å². The maximum absolute atomic E-state index is 2.54. The van der Waals surface area contributed by atoms with Crippen LogP contribution in [0, 0.1) is 0 Å². The van der Waals surface area contributed by atoms with Gasteiger partial charge in [0.25, 0.3) is 0 Å². The fourth-order valence-corrected chi connectivity index (χ4v) is 17.4. The summed E-state index contributed by atoms with van der Waals surface area (Å²) >= 11 is 0. The van der Waals surface area contributed by atoms with Gasteiger partial charge in [0, 0.05) is 55.2 Å². The minimum Gasteiger partial charge on any atom is -0.310 e. The second kappa shape index (κ2) is 22.1. The number of hydrogen-bond donors (Lipinski definition) is 0. The molecule has 12 aromatic carbocycles. The lowest BCUT2D eigenvalue weighted by Crippen LogP contribution is -2.24. The van der Waals surface area contributed by atoms with Crippen LogP contribution in [0.15, 0.2) is 231 Å². The number of nitrogens with zero attached hydrogens (tertiary/aromatic N) is 2. The van der Waals surface area contributed by atoms with Crippen molar-refractivity contribution < 1.29 is 0 Å². The fraction of sp³-hybridized carbons (Fsp3) is 0.292. The Morgan fingerprint density at radius 2 is 0.510 bits per heavy atom. The first-order valence-electron chi connectivity index (χ1n) is 35.9. The van der Waals surface area contributed by atoms with E-state index in [4.69, 9.17) is 0 Å². The predicted molar refractivity (Wildman–Crippen MR) is 422 cm³/mol. The van der Waals surface area contributed by atoms with E-state index in [1.54, 1.807) is 0 Å². The Kier molecular flexibility index (Phi) is 14.6. The summed E-state index contributed by atoms with van der Waals surface area (Å²) in [5.74, 6) is 0. The first-order valence-corrected chi connectivity index (χ1v) is 35.9.